The number of carbonyl (C=O) groups is 1. The molecule has 4 N–H and O–H groups in total. The first-order chi connectivity index (χ1) is 17.6. The van der Waals surface area contributed by atoms with E-state index in [1.54, 1.807) is 6.07 Å². The van der Waals surface area contributed by atoms with E-state index in [-0.39, 0.29) is 11.9 Å². The second-order valence-electron chi connectivity index (χ2n) is 8.02. The molecule has 182 valence electrons. The van der Waals surface area contributed by atoms with Crippen LogP contribution in [0.2, 0.25) is 0 Å². The molecule has 1 aromatic heterocycles. The summed E-state index contributed by atoms with van der Waals surface area (Å²) < 4.78 is 10.7. The minimum Gasteiger partial charge on any atom is -0.407 e. The summed E-state index contributed by atoms with van der Waals surface area (Å²) in [6, 6.07) is 16.5. The van der Waals surface area contributed by atoms with E-state index < -0.39 is 12.1 Å². The number of fused-ring (bicyclic) bond motifs is 1. The number of benzodiazepines with no additional fused rings is 1. The van der Waals surface area contributed by atoms with E-state index in [2.05, 4.69) is 25.3 Å². The first-order valence-electron chi connectivity index (χ1n) is 11.4. The number of hydrogen-bond donors (Lipinski definition) is 3. The Bertz CT molecular complexity index is 1320. The number of nitrogens with one attached hydrogen (secondary N) is 2. The van der Waals surface area contributed by atoms with Gasteiger partial charge in [0.15, 0.2) is 0 Å². The predicted molar refractivity (Wildman–Crippen MR) is 136 cm³/mol. The molecule has 1 unspecified atom stereocenters. The second kappa shape index (κ2) is 10.3. The Balaban J connectivity index is 1.36. The largest absolute Gasteiger partial charge is 0.407 e. The Morgan fingerprint density at radius 2 is 1.78 bits per heavy atom. The van der Waals surface area contributed by atoms with Crippen LogP contribution >= 0.6 is 0 Å². The minimum absolute atomic E-state index is 0.297. The normalized spacial score (nSPS) is 17.9. The number of nitrogens with two attached hydrogens (primary N) is 1. The third-order valence-electron chi connectivity index (χ3n) is 5.62. The Labute approximate surface area is 207 Å². The summed E-state index contributed by atoms with van der Waals surface area (Å²) >= 11 is 0. The molecule has 1 atom stereocenters. The molecule has 2 aliphatic heterocycles. The number of nitrogens with zero attached hydrogens (tertiary/aromatic N) is 5. The maximum absolute atomic E-state index is 12.9. The molecule has 3 heterocycles. The lowest BCUT2D eigenvalue weighted by Gasteiger charge is -2.26. The Kier molecular flexibility index (Phi) is 6.63. The maximum Gasteiger partial charge on any atom is 0.291 e. The van der Waals surface area contributed by atoms with Crippen LogP contribution in [0.25, 0.3) is 0 Å². The fourth-order valence-electron chi connectivity index (χ4n) is 3.84. The van der Waals surface area contributed by atoms with Crippen molar-refractivity contribution in [3.05, 3.63) is 83.7 Å². The zero-order chi connectivity index (χ0) is 24.9. The summed E-state index contributed by atoms with van der Waals surface area (Å²) in [6.45, 7) is 2.63. The molecule has 0 spiro atoms. The van der Waals surface area contributed by atoms with Crippen molar-refractivity contribution in [3.8, 4) is 0 Å². The van der Waals surface area contributed by atoms with Crippen LogP contribution in [0.4, 0.5) is 11.6 Å². The fraction of sp³-hybridized carbons (Fsp3) is 0.200. The number of amides is 1. The summed E-state index contributed by atoms with van der Waals surface area (Å²) in [7, 11) is 0. The van der Waals surface area contributed by atoms with Crippen LogP contribution in [-0.2, 0) is 14.3 Å². The smallest absolute Gasteiger partial charge is 0.291 e. The van der Waals surface area contributed by atoms with E-state index in [0.29, 0.717) is 49.2 Å². The standard InChI is InChI=1S/C25H24N8O3/c26-21(17-14-28-25(29-15-17)33-10-12-35-13-11-33)36-24(27)32-22-23(34)30-19-9-5-4-8-18(19)20(31-22)16-6-2-1-3-7-16/h1-9,14-15,22,26H,10-13H2,(H2,27,32)(H,30,34). The summed E-state index contributed by atoms with van der Waals surface area (Å²) in [5.74, 6) is -0.215. The topological polar surface area (TPSA) is 151 Å². The highest BCUT2D eigenvalue weighted by molar-refractivity contribution is 6.19. The summed E-state index contributed by atoms with van der Waals surface area (Å²) in [5, 5.41) is 11.1. The number of aliphatic imine (C=N–C) groups is 2. The molecule has 3 aromatic rings. The summed E-state index contributed by atoms with van der Waals surface area (Å²) in [5.41, 5.74) is 9.08. The van der Waals surface area contributed by atoms with Crippen LogP contribution in [0.15, 0.2) is 77.0 Å². The lowest BCUT2D eigenvalue weighted by Crippen LogP contribution is -2.37. The van der Waals surface area contributed by atoms with E-state index in [9.17, 15) is 4.79 Å². The van der Waals surface area contributed by atoms with Gasteiger partial charge in [0.1, 0.15) is 0 Å². The first-order valence-corrected chi connectivity index (χ1v) is 11.4. The SMILES string of the molecule is N=C(OC(N)=NC1N=C(c2ccccc2)c2ccccc2NC1=O)c1cnc(N2CCOCC2)nc1. The van der Waals surface area contributed by atoms with Crippen molar-refractivity contribution >= 4 is 35.2 Å². The van der Waals surface area contributed by atoms with Crippen LogP contribution < -0.4 is 16.0 Å². The van der Waals surface area contributed by atoms with Crippen molar-refractivity contribution in [1.29, 1.82) is 5.41 Å². The van der Waals surface area contributed by atoms with E-state index in [4.69, 9.17) is 20.6 Å². The first kappa shape index (κ1) is 23.1. The number of para-hydroxylation sites is 1. The van der Waals surface area contributed by atoms with Crippen molar-refractivity contribution in [3.63, 3.8) is 0 Å². The molecule has 11 heteroatoms. The Hall–Kier alpha value is -4.64. The van der Waals surface area contributed by atoms with Gasteiger partial charge in [-0.05, 0) is 6.07 Å². The van der Waals surface area contributed by atoms with Gasteiger partial charge in [-0.3, -0.25) is 10.2 Å². The molecule has 2 aromatic carbocycles. The van der Waals surface area contributed by atoms with Crippen molar-refractivity contribution in [2.24, 2.45) is 15.7 Å². The molecular weight excluding hydrogens is 460 g/mol. The van der Waals surface area contributed by atoms with Gasteiger partial charge in [0, 0.05) is 36.6 Å². The summed E-state index contributed by atoms with van der Waals surface area (Å²) in [6.07, 6.45) is 1.75. The molecule has 1 saturated heterocycles. The number of amidine groups is 1. The zero-order valence-electron chi connectivity index (χ0n) is 19.3. The molecule has 0 bridgehead atoms. The van der Waals surface area contributed by atoms with E-state index >= 15 is 0 Å². The van der Waals surface area contributed by atoms with Gasteiger partial charge in [-0.1, -0.05) is 48.5 Å². The number of ether oxygens (including phenoxy) is 2. The predicted octanol–water partition coefficient (Wildman–Crippen LogP) is 1.79. The van der Waals surface area contributed by atoms with Crippen LogP contribution in [0.5, 0.6) is 0 Å². The van der Waals surface area contributed by atoms with Crippen molar-refractivity contribution in [2.45, 2.75) is 6.17 Å². The molecule has 1 amide bonds. The number of aromatic nitrogens is 2. The average Bonchev–Trinajstić information content (AvgIpc) is 3.06. The number of morpholine rings is 1. The fourth-order valence-corrected chi connectivity index (χ4v) is 3.84. The van der Waals surface area contributed by atoms with Gasteiger partial charge in [0.05, 0.1) is 30.2 Å². The molecule has 11 nitrogen and oxygen atoms in total. The maximum atomic E-state index is 12.9. The van der Waals surface area contributed by atoms with Gasteiger partial charge in [-0.15, -0.1) is 0 Å². The monoisotopic (exact) mass is 484 g/mol. The lowest BCUT2D eigenvalue weighted by molar-refractivity contribution is -0.117. The van der Waals surface area contributed by atoms with Crippen LogP contribution in [0.1, 0.15) is 16.7 Å². The number of benzene rings is 2. The third kappa shape index (κ3) is 5.05. The number of hydrogen-bond acceptors (Lipinski definition) is 9. The van der Waals surface area contributed by atoms with Crippen LogP contribution in [0, 0.1) is 5.41 Å². The average molecular weight is 485 g/mol. The Morgan fingerprint density at radius 1 is 1.08 bits per heavy atom. The van der Waals surface area contributed by atoms with Gasteiger partial charge in [0.25, 0.3) is 11.9 Å². The second-order valence-corrected chi connectivity index (χ2v) is 8.02. The molecule has 36 heavy (non-hydrogen) atoms. The van der Waals surface area contributed by atoms with Crippen molar-refractivity contribution < 1.29 is 14.3 Å². The summed E-state index contributed by atoms with van der Waals surface area (Å²) in [4.78, 5) is 32.3. The molecule has 0 saturated carbocycles. The molecule has 0 aliphatic carbocycles. The lowest BCUT2D eigenvalue weighted by atomic mass is 10.0. The molecule has 0 radical (unpaired) electrons. The van der Waals surface area contributed by atoms with Gasteiger partial charge in [0.2, 0.25) is 18.0 Å². The van der Waals surface area contributed by atoms with Crippen LogP contribution in [0.3, 0.4) is 0 Å². The van der Waals surface area contributed by atoms with Crippen LogP contribution in [-0.4, -0.2) is 66.0 Å². The van der Waals surface area contributed by atoms with Crippen molar-refractivity contribution in [1.82, 2.24) is 9.97 Å². The minimum atomic E-state index is -1.21. The highest BCUT2D eigenvalue weighted by Crippen LogP contribution is 2.24. The Morgan fingerprint density at radius 3 is 2.53 bits per heavy atom. The van der Waals surface area contributed by atoms with E-state index in [0.717, 1.165) is 11.1 Å². The van der Waals surface area contributed by atoms with E-state index in [1.807, 2.05) is 53.4 Å². The van der Waals surface area contributed by atoms with Gasteiger partial charge in [-0.2, -0.15) is 4.99 Å². The quantitative estimate of drug-likeness (QED) is 0.377. The highest BCUT2D eigenvalue weighted by Gasteiger charge is 2.26. The molecule has 5 rings (SSSR count). The van der Waals surface area contributed by atoms with E-state index in [1.165, 1.54) is 12.4 Å². The van der Waals surface area contributed by atoms with Gasteiger partial charge in [-0.25, -0.2) is 15.0 Å². The molecule has 1 fully saturated rings. The molecule has 2 aliphatic rings. The highest BCUT2D eigenvalue weighted by atomic mass is 16.5. The zero-order valence-corrected chi connectivity index (χ0v) is 19.3. The third-order valence-corrected chi connectivity index (χ3v) is 5.62. The van der Waals surface area contributed by atoms with Crippen molar-refractivity contribution in [2.75, 3.05) is 36.5 Å². The number of carbonyl (C=O) groups excluding carboxylic acids is 1. The number of rotatable bonds is 4. The molecular formula is C25H24N8O3. The van der Waals surface area contributed by atoms with Gasteiger partial charge < -0.3 is 25.4 Å². The van der Waals surface area contributed by atoms with Gasteiger partial charge >= 0.3 is 0 Å². The number of anilines is 2.